The Labute approximate surface area is 112 Å². The van der Waals surface area contributed by atoms with E-state index in [-0.39, 0.29) is 6.42 Å². The van der Waals surface area contributed by atoms with E-state index in [0.29, 0.717) is 11.8 Å². The van der Waals surface area contributed by atoms with E-state index >= 15 is 0 Å². The van der Waals surface area contributed by atoms with Gasteiger partial charge in [-0.15, -0.1) is 0 Å². The number of fused-ring (bicyclic) bond motifs is 1. The summed E-state index contributed by atoms with van der Waals surface area (Å²) in [7, 11) is 0. The van der Waals surface area contributed by atoms with Gasteiger partial charge in [0.2, 0.25) is 0 Å². The summed E-state index contributed by atoms with van der Waals surface area (Å²) in [4.78, 5) is 14.2. The normalized spacial score (nSPS) is 17.8. The van der Waals surface area contributed by atoms with E-state index in [0.717, 1.165) is 19.4 Å². The van der Waals surface area contributed by atoms with Crippen LogP contribution in [-0.4, -0.2) is 23.0 Å². The summed E-state index contributed by atoms with van der Waals surface area (Å²) in [5.41, 5.74) is 1.24. The van der Waals surface area contributed by atoms with E-state index in [1.807, 2.05) is 23.9 Å². The molecule has 1 heterocycles. The van der Waals surface area contributed by atoms with Crippen molar-refractivity contribution in [2.45, 2.75) is 36.0 Å². The number of benzene rings is 1. The molecule has 0 amide bonds. The van der Waals surface area contributed by atoms with Crippen LogP contribution in [0.5, 0.6) is 0 Å². The molecular weight excluding hydrogens is 246 g/mol. The van der Waals surface area contributed by atoms with E-state index in [9.17, 15) is 4.79 Å². The second-order valence-corrected chi connectivity index (χ2v) is 5.59. The minimum absolute atomic E-state index is 0.237. The molecule has 1 atom stereocenters. The SMILES string of the molecule is [CH2]CCC1Sc2ccccc2N1CCCC(=O)O. The monoisotopic (exact) mass is 264 g/mol. The van der Waals surface area contributed by atoms with Gasteiger partial charge in [0, 0.05) is 17.9 Å². The summed E-state index contributed by atoms with van der Waals surface area (Å²) in [5.74, 6) is -0.719. The molecule has 18 heavy (non-hydrogen) atoms. The Morgan fingerprint density at radius 3 is 2.94 bits per heavy atom. The number of hydrogen-bond donors (Lipinski definition) is 1. The molecule has 0 aromatic heterocycles. The zero-order chi connectivity index (χ0) is 13.0. The van der Waals surface area contributed by atoms with Crippen LogP contribution in [0.2, 0.25) is 0 Å². The summed E-state index contributed by atoms with van der Waals surface area (Å²) in [5, 5.41) is 9.13. The first-order chi connectivity index (χ1) is 8.72. The molecule has 1 radical (unpaired) electrons. The molecule has 97 valence electrons. The van der Waals surface area contributed by atoms with Gasteiger partial charge in [-0.05, 0) is 25.0 Å². The quantitative estimate of drug-likeness (QED) is 0.855. The Hall–Kier alpha value is -1.16. The Morgan fingerprint density at radius 2 is 2.22 bits per heavy atom. The van der Waals surface area contributed by atoms with Gasteiger partial charge in [0.05, 0.1) is 11.1 Å². The molecule has 1 aliphatic heterocycles. The zero-order valence-corrected chi connectivity index (χ0v) is 11.2. The van der Waals surface area contributed by atoms with Crippen LogP contribution in [0.15, 0.2) is 29.2 Å². The van der Waals surface area contributed by atoms with Crippen LogP contribution in [0.25, 0.3) is 0 Å². The molecule has 1 aromatic rings. The molecular formula is C14H18NO2S. The molecule has 1 aromatic carbocycles. The highest BCUT2D eigenvalue weighted by molar-refractivity contribution is 8.00. The third-order valence-electron chi connectivity index (χ3n) is 3.03. The molecule has 0 spiro atoms. The van der Waals surface area contributed by atoms with Crippen molar-refractivity contribution in [2.24, 2.45) is 0 Å². The van der Waals surface area contributed by atoms with Crippen molar-refractivity contribution in [3.8, 4) is 0 Å². The highest BCUT2D eigenvalue weighted by Crippen LogP contribution is 2.44. The fourth-order valence-electron chi connectivity index (χ4n) is 2.21. The van der Waals surface area contributed by atoms with Gasteiger partial charge >= 0.3 is 5.97 Å². The summed E-state index contributed by atoms with van der Waals surface area (Å²) in [6.07, 6.45) is 2.87. The van der Waals surface area contributed by atoms with Crippen LogP contribution in [0, 0.1) is 6.92 Å². The fourth-order valence-corrected chi connectivity index (χ4v) is 3.60. The first kappa shape index (κ1) is 13.3. The van der Waals surface area contributed by atoms with Gasteiger partial charge in [0.1, 0.15) is 0 Å². The summed E-state index contributed by atoms with van der Waals surface area (Å²) < 4.78 is 0. The molecule has 0 fully saturated rings. The smallest absolute Gasteiger partial charge is 0.303 e. The van der Waals surface area contributed by atoms with Crippen molar-refractivity contribution in [1.29, 1.82) is 0 Å². The van der Waals surface area contributed by atoms with Crippen LogP contribution in [0.4, 0.5) is 5.69 Å². The second-order valence-electron chi connectivity index (χ2n) is 4.37. The number of carboxylic acid groups (broad SMARTS) is 1. The predicted octanol–water partition coefficient (Wildman–Crippen LogP) is 3.40. The Morgan fingerprint density at radius 1 is 1.44 bits per heavy atom. The number of para-hydroxylation sites is 1. The first-order valence-electron chi connectivity index (χ1n) is 6.25. The minimum Gasteiger partial charge on any atom is -0.481 e. The van der Waals surface area contributed by atoms with Gasteiger partial charge in [0.15, 0.2) is 0 Å². The lowest BCUT2D eigenvalue weighted by molar-refractivity contribution is -0.137. The van der Waals surface area contributed by atoms with Crippen LogP contribution < -0.4 is 4.90 Å². The molecule has 0 aliphatic carbocycles. The Bertz CT molecular complexity index is 422. The summed E-state index contributed by atoms with van der Waals surface area (Å²) in [6, 6.07) is 8.34. The van der Waals surface area contributed by atoms with E-state index in [1.54, 1.807) is 0 Å². The molecule has 0 bridgehead atoms. The van der Waals surface area contributed by atoms with Crippen molar-refractivity contribution in [2.75, 3.05) is 11.4 Å². The Balaban J connectivity index is 2.05. The first-order valence-corrected chi connectivity index (χ1v) is 7.13. The van der Waals surface area contributed by atoms with Crippen LogP contribution >= 0.6 is 11.8 Å². The topological polar surface area (TPSA) is 40.5 Å². The third kappa shape index (κ3) is 2.99. The maximum absolute atomic E-state index is 10.6. The van der Waals surface area contributed by atoms with Crippen molar-refractivity contribution < 1.29 is 9.90 Å². The van der Waals surface area contributed by atoms with Crippen LogP contribution in [0.3, 0.4) is 0 Å². The molecule has 4 heteroatoms. The summed E-state index contributed by atoms with van der Waals surface area (Å²) >= 11 is 1.87. The molecule has 3 nitrogen and oxygen atoms in total. The van der Waals surface area contributed by atoms with Crippen LogP contribution in [-0.2, 0) is 4.79 Å². The van der Waals surface area contributed by atoms with Crippen LogP contribution in [0.1, 0.15) is 25.7 Å². The van der Waals surface area contributed by atoms with E-state index < -0.39 is 5.97 Å². The highest BCUT2D eigenvalue weighted by atomic mass is 32.2. The number of carboxylic acids is 1. The number of aliphatic carboxylic acids is 1. The van der Waals surface area contributed by atoms with Crippen molar-refractivity contribution in [1.82, 2.24) is 0 Å². The highest BCUT2D eigenvalue weighted by Gasteiger charge is 2.28. The number of carbonyl (C=O) groups is 1. The maximum Gasteiger partial charge on any atom is 0.303 e. The largest absolute Gasteiger partial charge is 0.481 e. The van der Waals surface area contributed by atoms with Crippen molar-refractivity contribution >= 4 is 23.4 Å². The van der Waals surface area contributed by atoms with Gasteiger partial charge in [-0.2, -0.15) is 0 Å². The number of nitrogens with zero attached hydrogens (tertiary/aromatic N) is 1. The number of anilines is 1. The maximum atomic E-state index is 10.6. The molecule has 2 rings (SSSR count). The summed E-state index contributed by atoms with van der Waals surface area (Å²) in [6.45, 7) is 4.73. The lowest BCUT2D eigenvalue weighted by Crippen LogP contribution is -2.30. The van der Waals surface area contributed by atoms with E-state index in [2.05, 4.69) is 24.0 Å². The van der Waals surface area contributed by atoms with Gasteiger partial charge < -0.3 is 10.0 Å². The van der Waals surface area contributed by atoms with Gasteiger partial charge in [-0.3, -0.25) is 4.79 Å². The predicted molar refractivity (Wildman–Crippen MR) is 74.9 cm³/mol. The van der Waals surface area contributed by atoms with E-state index in [1.165, 1.54) is 10.6 Å². The molecule has 0 saturated carbocycles. The molecule has 1 unspecified atom stereocenters. The molecule has 1 N–H and O–H groups in total. The number of rotatable bonds is 6. The lowest BCUT2D eigenvalue weighted by Gasteiger charge is -2.26. The van der Waals surface area contributed by atoms with E-state index in [4.69, 9.17) is 5.11 Å². The Kier molecular flexibility index (Phi) is 4.53. The molecule has 0 saturated heterocycles. The average Bonchev–Trinajstić information content (AvgIpc) is 2.68. The van der Waals surface area contributed by atoms with Crippen molar-refractivity contribution in [3.05, 3.63) is 31.2 Å². The van der Waals surface area contributed by atoms with Crippen molar-refractivity contribution in [3.63, 3.8) is 0 Å². The minimum atomic E-state index is -0.719. The third-order valence-corrected chi connectivity index (χ3v) is 4.39. The fraction of sp³-hybridized carbons (Fsp3) is 0.429. The molecule has 1 aliphatic rings. The van der Waals surface area contributed by atoms with Gasteiger partial charge in [0.25, 0.3) is 0 Å². The standard InChI is InChI=1S/C14H18NO2S/c1-2-6-13-15(10-5-9-14(16)17)11-7-3-4-8-12(11)18-13/h3-4,7-8,13H,1-2,5-6,9-10H2,(H,16,17). The number of thioether (sulfide) groups is 1. The number of hydrogen-bond acceptors (Lipinski definition) is 3. The zero-order valence-electron chi connectivity index (χ0n) is 10.3. The van der Waals surface area contributed by atoms with Gasteiger partial charge in [-0.1, -0.05) is 37.2 Å². The average molecular weight is 264 g/mol. The second kappa shape index (κ2) is 6.14. The van der Waals surface area contributed by atoms with Gasteiger partial charge in [-0.25, -0.2) is 0 Å². The lowest BCUT2D eigenvalue weighted by atomic mass is 10.2.